The van der Waals surface area contributed by atoms with Gasteiger partial charge in [0.15, 0.2) is 17.3 Å². The van der Waals surface area contributed by atoms with Crippen molar-refractivity contribution >= 4 is 17.6 Å². The number of nitrogens with two attached hydrogens (primary N) is 1. The van der Waals surface area contributed by atoms with Gasteiger partial charge in [0.2, 0.25) is 18.6 Å². The van der Waals surface area contributed by atoms with Crippen LogP contribution < -0.4 is 19.9 Å². The summed E-state index contributed by atoms with van der Waals surface area (Å²) in [7, 11) is 2.94. The molecule has 0 radical (unpaired) electrons. The van der Waals surface area contributed by atoms with Crippen LogP contribution in [0.5, 0.6) is 17.2 Å². The smallest absolute Gasteiger partial charge is 0.249 e. The number of aryl methyl sites for hydroxylation is 2. The van der Waals surface area contributed by atoms with Gasteiger partial charge in [-0.2, -0.15) is 0 Å². The molecule has 0 saturated carbocycles. The Morgan fingerprint density at radius 3 is 2.28 bits per heavy atom. The third kappa shape index (κ3) is 4.61. The number of primary amides is 1. The highest BCUT2D eigenvalue weighted by molar-refractivity contribution is 6.02. The Balaban J connectivity index is 1.75. The van der Waals surface area contributed by atoms with Crippen LogP contribution in [0.4, 0.5) is 0 Å². The lowest BCUT2D eigenvalue weighted by molar-refractivity contribution is -0.143. The number of furan rings is 1. The second kappa shape index (κ2) is 10.5. The number of carbonyl (C=O) groups excluding carboxylic acids is 3. The summed E-state index contributed by atoms with van der Waals surface area (Å²) in [6.07, 6.45) is 0. The second-order valence-electron chi connectivity index (χ2n) is 9.65. The zero-order valence-corrected chi connectivity index (χ0v) is 22.1. The molecule has 3 heterocycles. The number of Topliss-reactive ketones (excluding diaryl/α,β-unsaturated/α-hetero) is 1. The topological polar surface area (TPSA) is 131 Å². The van der Waals surface area contributed by atoms with Crippen LogP contribution in [-0.2, 0) is 14.3 Å². The molecule has 0 spiro atoms. The molecule has 2 aliphatic rings. The molecule has 39 heavy (non-hydrogen) atoms. The molecule has 2 aliphatic heterocycles. The number of fused-ring (bicyclic) bond motifs is 1. The van der Waals surface area contributed by atoms with Gasteiger partial charge < -0.3 is 34.0 Å². The van der Waals surface area contributed by atoms with Crippen molar-refractivity contribution in [1.29, 1.82) is 0 Å². The van der Waals surface area contributed by atoms with Crippen molar-refractivity contribution in [3.8, 4) is 17.2 Å². The first-order valence-electron chi connectivity index (χ1n) is 12.5. The molecular formula is C29H30N2O8. The van der Waals surface area contributed by atoms with Gasteiger partial charge in [-0.15, -0.1) is 0 Å². The quantitative estimate of drug-likeness (QED) is 0.436. The second-order valence-corrected chi connectivity index (χ2v) is 9.65. The molecule has 5 rings (SSSR count). The standard InChI is InChI=1S/C29H30N2O8/c1-15-11-20(16(2)39-15)28(33)25-24(17-5-8-19(36-4)9-6-17)27(29(30)34)31(23(32)13-35-3)26(25)18-7-10-21-22(12-18)38-14-37-21/h5-12,24-27H,13-14H2,1-4H3,(H2,30,34). The summed E-state index contributed by atoms with van der Waals surface area (Å²) < 4.78 is 27.3. The molecule has 1 saturated heterocycles. The summed E-state index contributed by atoms with van der Waals surface area (Å²) in [5, 5.41) is 0. The molecule has 2 aromatic carbocycles. The van der Waals surface area contributed by atoms with E-state index in [1.807, 2.05) is 0 Å². The highest BCUT2D eigenvalue weighted by atomic mass is 16.7. The van der Waals surface area contributed by atoms with Crippen LogP contribution in [-0.4, -0.2) is 56.2 Å². The summed E-state index contributed by atoms with van der Waals surface area (Å²) in [5.74, 6) is -0.478. The van der Waals surface area contributed by atoms with Crippen molar-refractivity contribution in [2.45, 2.75) is 31.8 Å². The third-order valence-corrected chi connectivity index (χ3v) is 7.36. The van der Waals surface area contributed by atoms with Gasteiger partial charge in [0, 0.05) is 13.0 Å². The maximum atomic E-state index is 14.4. The summed E-state index contributed by atoms with van der Waals surface area (Å²) in [6, 6.07) is 12.0. The van der Waals surface area contributed by atoms with E-state index in [-0.39, 0.29) is 19.2 Å². The van der Waals surface area contributed by atoms with Gasteiger partial charge in [0.05, 0.1) is 24.6 Å². The molecule has 2 amide bonds. The Labute approximate surface area is 225 Å². The largest absolute Gasteiger partial charge is 0.497 e. The number of ether oxygens (including phenoxy) is 4. The van der Waals surface area contributed by atoms with E-state index in [0.717, 1.165) is 0 Å². The van der Waals surface area contributed by atoms with E-state index in [2.05, 4.69) is 0 Å². The average molecular weight is 535 g/mol. The normalized spacial score (nSPS) is 21.7. The highest BCUT2D eigenvalue weighted by Gasteiger charge is 2.57. The molecule has 0 aliphatic carbocycles. The lowest BCUT2D eigenvalue weighted by atomic mass is 9.76. The molecular weight excluding hydrogens is 504 g/mol. The van der Waals surface area contributed by atoms with Crippen LogP contribution in [0, 0.1) is 19.8 Å². The van der Waals surface area contributed by atoms with Crippen molar-refractivity contribution in [2.24, 2.45) is 11.7 Å². The minimum absolute atomic E-state index is 0.0595. The first-order valence-corrected chi connectivity index (χ1v) is 12.5. The number of hydrogen-bond acceptors (Lipinski definition) is 8. The van der Waals surface area contributed by atoms with E-state index in [1.54, 1.807) is 69.5 Å². The maximum absolute atomic E-state index is 14.4. The first-order chi connectivity index (χ1) is 18.7. The van der Waals surface area contributed by atoms with E-state index in [0.29, 0.717) is 45.5 Å². The third-order valence-electron chi connectivity index (χ3n) is 7.36. The van der Waals surface area contributed by atoms with Crippen molar-refractivity contribution < 1.29 is 37.7 Å². The minimum atomic E-state index is -1.14. The lowest BCUT2D eigenvalue weighted by Crippen LogP contribution is -2.47. The molecule has 4 atom stereocenters. The molecule has 1 aromatic heterocycles. The predicted molar refractivity (Wildman–Crippen MR) is 139 cm³/mol. The van der Waals surface area contributed by atoms with E-state index in [9.17, 15) is 14.4 Å². The monoisotopic (exact) mass is 534 g/mol. The van der Waals surface area contributed by atoms with E-state index in [1.165, 1.54) is 12.0 Å². The summed E-state index contributed by atoms with van der Waals surface area (Å²) in [5.41, 5.74) is 7.64. The van der Waals surface area contributed by atoms with Gasteiger partial charge in [-0.3, -0.25) is 14.4 Å². The molecule has 2 N–H and O–H groups in total. The zero-order valence-electron chi connectivity index (χ0n) is 22.1. The fourth-order valence-corrected chi connectivity index (χ4v) is 5.78. The van der Waals surface area contributed by atoms with Gasteiger partial charge >= 0.3 is 0 Å². The number of ketones is 1. The minimum Gasteiger partial charge on any atom is -0.497 e. The Kier molecular flexibility index (Phi) is 7.05. The van der Waals surface area contributed by atoms with Gasteiger partial charge in [-0.1, -0.05) is 18.2 Å². The van der Waals surface area contributed by atoms with Gasteiger partial charge in [-0.25, -0.2) is 0 Å². The van der Waals surface area contributed by atoms with E-state index >= 15 is 0 Å². The van der Waals surface area contributed by atoms with Crippen molar-refractivity contribution in [1.82, 2.24) is 4.90 Å². The predicted octanol–water partition coefficient (Wildman–Crippen LogP) is 3.30. The molecule has 10 heteroatoms. The molecule has 4 unspecified atom stereocenters. The van der Waals surface area contributed by atoms with Crippen LogP contribution in [0.25, 0.3) is 0 Å². The number of carbonyl (C=O) groups is 3. The number of likely N-dealkylation sites (tertiary alicyclic amines) is 1. The number of rotatable bonds is 8. The van der Waals surface area contributed by atoms with Gasteiger partial charge in [0.25, 0.3) is 0 Å². The summed E-state index contributed by atoms with van der Waals surface area (Å²) in [4.78, 5) is 42.6. The summed E-state index contributed by atoms with van der Waals surface area (Å²) >= 11 is 0. The van der Waals surface area contributed by atoms with Crippen molar-refractivity contribution in [2.75, 3.05) is 27.6 Å². The number of nitrogens with zero attached hydrogens (tertiary/aromatic N) is 1. The fourth-order valence-electron chi connectivity index (χ4n) is 5.78. The fraction of sp³-hybridized carbons (Fsp3) is 0.345. The molecule has 0 bridgehead atoms. The SMILES string of the molecule is COCC(=O)N1C(C(N)=O)C(c2ccc(OC)cc2)C(C(=O)c2cc(C)oc2C)C1c1ccc2c(c1)OCO2. The van der Waals surface area contributed by atoms with Gasteiger partial charge in [0.1, 0.15) is 29.9 Å². The van der Waals surface area contributed by atoms with Crippen LogP contribution in [0.3, 0.4) is 0 Å². The van der Waals surface area contributed by atoms with Gasteiger partial charge in [-0.05, 0) is 55.3 Å². The van der Waals surface area contributed by atoms with Crippen molar-refractivity contribution in [3.63, 3.8) is 0 Å². The van der Waals surface area contributed by atoms with Crippen LogP contribution in [0.2, 0.25) is 0 Å². The Hall–Kier alpha value is -4.31. The maximum Gasteiger partial charge on any atom is 0.249 e. The molecule has 10 nitrogen and oxygen atoms in total. The molecule has 3 aromatic rings. The number of benzene rings is 2. The lowest BCUT2D eigenvalue weighted by Gasteiger charge is -2.30. The number of methoxy groups -OCH3 is 2. The van der Waals surface area contributed by atoms with E-state index in [4.69, 9.17) is 29.1 Å². The number of amides is 2. The van der Waals surface area contributed by atoms with Crippen LogP contribution in [0.15, 0.2) is 52.9 Å². The summed E-state index contributed by atoms with van der Waals surface area (Å²) in [6.45, 7) is 3.23. The van der Waals surface area contributed by atoms with E-state index < -0.39 is 35.7 Å². The Bertz CT molecular complexity index is 1410. The van der Waals surface area contributed by atoms with Crippen LogP contribution >= 0.6 is 0 Å². The average Bonchev–Trinajstić information content (AvgIpc) is 3.62. The Morgan fingerprint density at radius 2 is 1.67 bits per heavy atom. The first kappa shape index (κ1) is 26.3. The van der Waals surface area contributed by atoms with Crippen molar-refractivity contribution in [3.05, 3.63) is 76.7 Å². The molecule has 204 valence electrons. The Morgan fingerprint density at radius 1 is 0.974 bits per heavy atom. The molecule has 1 fully saturated rings. The van der Waals surface area contributed by atoms with Crippen LogP contribution in [0.1, 0.15) is 45.0 Å². The highest BCUT2D eigenvalue weighted by Crippen LogP contribution is 2.52. The number of hydrogen-bond donors (Lipinski definition) is 1. The zero-order chi connectivity index (χ0) is 27.8.